The lowest BCUT2D eigenvalue weighted by Gasteiger charge is -2.13. The summed E-state index contributed by atoms with van der Waals surface area (Å²) >= 11 is 0. The van der Waals surface area contributed by atoms with E-state index >= 15 is 0 Å². The zero-order valence-corrected chi connectivity index (χ0v) is 31.5. The van der Waals surface area contributed by atoms with E-state index in [0.29, 0.717) is 5.82 Å². The van der Waals surface area contributed by atoms with Crippen molar-refractivity contribution in [3.8, 4) is 67.3 Å². The Morgan fingerprint density at radius 2 is 0.793 bits per heavy atom. The van der Waals surface area contributed by atoms with Crippen LogP contribution in [0, 0.1) is 0 Å². The summed E-state index contributed by atoms with van der Waals surface area (Å²) < 4.78 is 0. The van der Waals surface area contributed by atoms with Gasteiger partial charge in [0.1, 0.15) is 0 Å². The van der Waals surface area contributed by atoms with Crippen molar-refractivity contribution in [2.75, 3.05) is 0 Å². The molecule has 9 aromatic carbocycles. The van der Waals surface area contributed by atoms with Crippen molar-refractivity contribution in [1.29, 1.82) is 0 Å². The molecule has 2 aromatic heterocycles. The van der Waals surface area contributed by atoms with Crippen LogP contribution in [0.3, 0.4) is 0 Å². The second-order valence-electron chi connectivity index (χ2n) is 14.8. The average Bonchev–Trinajstić information content (AvgIpc) is 3.31. The van der Waals surface area contributed by atoms with Gasteiger partial charge in [-0.1, -0.05) is 182 Å². The molecule has 0 aliphatic heterocycles. The van der Waals surface area contributed by atoms with Crippen LogP contribution in [0.4, 0.5) is 0 Å². The first-order valence-corrected chi connectivity index (χ1v) is 19.7. The highest BCUT2D eigenvalue weighted by molar-refractivity contribution is 6.13. The third-order valence-electron chi connectivity index (χ3n) is 11.4. The van der Waals surface area contributed by atoms with Gasteiger partial charge in [0.25, 0.3) is 0 Å². The van der Waals surface area contributed by atoms with Gasteiger partial charge in [-0.15, -0.1) is 0 Å². The fourth-order valence-electron chi connectivity index (χ4n) is 8.45. The number of nitrogens with zero attached hydrogens (tertiary/aromatic N) is 3. The smallest absolute Gasteiger partial charge is 0.160 e. The highest BCUT2D eigenvalue weighted by atomic mass is 14.9. The van der Waals surface area contributed by atoms with Crippen molar-refractivity contribution < 1.29 is 0 Å². The Morgan fingerprint density at radius 1 is 0.259 bits per heavy atom. The highest BCUT2D eigenvalue weighted by Gasteiger charge is 2.15. The Hall–Kier alpha value is -7.75. The van der Waals surface area contributed by atoms with Gasteiger partial charge in [-0.05, 0) is 83.7 Å². The van der Waals surface area contributed by atoms with E-state index in [1.165, 1.54) is 48.8 Å². The van der Waals surface area contributed by atoms with Crippen molar-refractivity contribution in [1.82, 2.24) is 15.0 Å². The molecule has 0 saturated heterocycles. The lowest BCUT2D eigenvalue weighted by Crippen LogP contribution is -1.96. The zero-order valence-electron chi connectivity index (χ0n) is 31.5. The Kier molecular flexibility index (Phi) is 8.15. The maximum atomic E-state index is 5.27. The number of hydrogen-bond acceptors (Lipinski definition) is 3. The quantitative estimate of drug-likeness (QED) is 0.160. The molecule has 3 heteroatoms. The Balaban J connectivity index is 1.03. The Bertz CT molecular complexity index is 3320. The van der Waals surface area contributed by atoms with Crippen LogP contribution in [-0.2, 0) is 0 Å². The molecule has 0 N–H and O–H groups in total. The van der Waals surface area contributed by atoms with Crippen molar-refractivity contribution in [2.24, 2.45) is 0 Å². The molecule has 0 bridgehead atoms. The summed E-state index contributed by atoms with van der Waals surface area (Å²) in [6, 6.07) is 71.3. The first-order chi connectivity index (χ1) is 28.7. The van der Waals surface area contributed by atoms with Crippen LogP contribution < -0.4 is 0 Å². The predicted octanol–water partition coefficient (Wildman–Crippen LogP) is 14.5. The number of fused-ring (bicyclic) bond motifs is 5. The first kappa shape index (κ1) is 33.6. The van der Waals surface area contributed by atoms with Gasteiger partial charge in [0.05, 0.1) is 11.4 Å². The minimum Gasteiger partial charge on any atom is -0.263 e. The van der Waals surface area contributed by atoms with E-state index in [1.54, 1.807) is 0 Å². The maximum absolute atomic E-state index is 5.27. The van der Waals surface area contributed by atoms with Crippen molar-refractivity contribution in [2.45, 2.75) is 0 Å². The van der Waals surface area contributed by atoms with Crippen LogP contribution in [0.2, 0.25) is 0 Å². The van der Waals surface area contributed by atoms with Crippen molar-refractivity contribution in [3.05, 3.63) is 213 Å². The lowest BCUT2D eigenvalue weighted by atomic mass is 9.93. The molecule has 0 atom stereocenters. The molecular formula is C55H35N3. The number of rotatable bonds is 6. The summed E-state index contributed by atoms with van der Waals surface area (Å²) in [6.07, 6.45) is 3.87. The molecular weight excluding hydrogens is 703 g/mol. The maximum Gasteiger partial charge on any atom is 0.160 e. The topological polar surface area (TPSA) is 38.7 Å². The Morgan fingerprint density at radius 3 is 1.57 bits per heavy atom. The largest absolute Gasteiger partial charge is 0.263 e. The van der Waals surface area contributed by atoms with E-state index in [0.717, 1.165) is 55.7 Å². The molecule has 0 saturated carbocycles. The number of pyridine rings is 1. The van der Waals surface area contributed by atoms with Gasteiger partial charge in [0, 0.05) is 40.0 Å². The average molecular weight is 738 g/mol. The molecule has 0 unspecified atom stereocenters. The van der Waals surface area contributed by atoms with Gasteiger partial charge in [-0.25, -0.2) is 9.97 Å². The van der Waals surface area contributed by atoms with Crippen LogP contribution in [-0.4, -0.2) is 15.0 Å². The van der Waals surface area contributed by atoms with Gasteiger partial charge < -0.3 is 0 Å². The summed E-state index contributed by atoms with van der Waals surface area (Å²) in [4.78, 5) is 15.1. The molecule has 11 aromatic rings. The molecule has 0 radical (unpaired) electrons. The third-order valence-corrected chi connectivity index (χ3v) is 11.4. The second kappa shape index (κ2) is 14.1. The molecule has 0 spiro atoms. The number of aromatic nitrogens is 3. The molecule has 11 rings (SSSR count). The molecule has 3 nitrogen and oxygen atoms in total. The van der Waals surface area contributed by atoms with Crippen molar-refractivity contribution in [3.63, 3.8) is 0 Å². The molecule has 0 aliphatic rings. The summed E-state index contributed by atoms with van der Waals surface area (Å²) in [5, 5.41) is 9.75. The van der Waals surface area contributed by atoms with E-state index in [2.05, 4.69) is 205 Å². The summed E-state index contributed by atoms with van der Waals surface area (Å²) in [5.41, 5.74) is 11.7. The lowest BCUT2D eigenvalue weighted by molar-refractivity contribution is 1.18. The van der Waals surface area contributed by atoms with Crippen LogP contribution in [0.15, 0.2) is 213 Å². The van der Waals surface area contributed by atoms with Gasteiger partial charge in [-0.3, -0.25) is 4.98 Å². The van der Waals surface area contributed by atoms with Crippen LogP contribution in [0.25, 0.3) is 110 Å². The van der Waals surface area contributed by atoms with E-state index in [9.17, 15) is 0 Å². The highest BCUT2D eigenvalue weighted by Crippen LogP contribution is 2.37. The van der Waals surface area contributed by atoms with E-state index < -0.39 is 0 Å². The fourth-order valence-corrected chi connectivity index (χ4v) is 8.45. The standard InChI is InChI=1S/C55H35N3/c1-4-17-45-36(11-1)14-10-22-46(45)41-15-9-16-43(31-41)54-33-53(39-27-23-38(24-28-39)52-35-56-34-44-13-3-6-19-48(44)52)57-55(58-54)40-29-25-37(26-30-40)51-32-42-12-2-5-18-47(42)49-20-7-8-21-50(49)51/h1-35H. The monoisotopic (exact) mass is 737 g/mol. The molecule has 270 valence electrons. The predicted molar refractivity (Wildman–Crippen MR) is 242 cm³/mol. The zero-order chi connectivity index (χ0) is 38.4. The van der Waals surface area contributed by atoms with Crippen LogP contribution >= 0.6 is 0 Å². The van der Waals surface area contributed by atoms with Crippen molar-refractivity contribution >= 4 is 43.1 Å². The summed E-state index contributed by atoms with van der Waals surface area (Å²) in [7, 11) is 0. The minimum absolute atomic E-state index is 0.681. The molecule has 0 aliphatic carbocycles. The van der Waals surface area contributed by atoms with Gasteiger partial charge >= 0.3 is 0 Å². The fraction of sp³-hybridized carbons (Fsp3) is 0. The van der Waals surface area contributed by atoms with Gasteiger partial charge in [0.15, 0.2) is 5.82 Å². The second-order valence-corrected chi connectivity index (χ2v) is 14.8. The van der Waals surface area contributed by atoms with Gasteiger partial charge in [0.2, 0.25) is 0 Å². The minimum atomic E-state index is 0.681. The summed E-state index contributed by atoms with van der Waals surface area (Å²) in [6.45, 7) is 0. The summed E-state index contributed by atoms with van der Waals surface area (Å²) in [5.74, 6) is 0.681. The Labute approximate surface area is 336 Å². The molecule has 58 heavy (non-hydrogen) atoms. The molecule has 0 amide bonds. The normalized spacial score (nSPS) is 11.4. The van der Waals surface area contributed by atoms with E-state index in [-0.39, 0.29) is 0 Å². The number of hydrogen-bond donors (Lipinski definition) is 0. The van der Waals surface area contributed by atoms with Crippen LogP contribution in [0.5, 0.6) is 0 Å². The van der Waals surface area contributed by atoms with E-state index in [1.807, 2.05) is 12.4 Å². The van der Waals surface area contributed by atoms with E-state index in [4.69, 9.17) is 9.97 Å². The first-order valence-electron chi connectivity index (χ1n) is 19.7. The third kappa shape index (κ3) is 5.98. The molecule has 0 fully saturated rings. The van der Waals surface area contributed by atoms with Crippen LogP contribution in [0.1, 0.15) is 0 Å². The number of benzene rings is 9. The SMILES string of the molecule is c1cc(-c2cc(-c3ccc(-c4cncc5ccccc45)cc3)nc(-c3ccc(-c4cc5ccccc5c5ccccc45)cc3)n2)cc(-c2cccc3ccccc23)c1. The van der Waals surface area contributed by atoms with Gasteiger partial charge in [-0.2, -0.15) is 0 Å². The molecule has 2 heterocycles.